The first-order valence-electron chi connectivity index (χ1n) is 8.04. The lowest BCUT2D eigenvalue weighted by molar-refractivity contribution is 0.0725. The number of aliphatic hydroxyl groups is 1. The molecule has 25 heavy (non-hydrogen) atoms. The SMILES string of the molecule is O=C(O)N(C[C@H](O)c1ccc(Cl)nc1)[C@H]1CCc2ccc(O)cc2C1. The van der Waals surface area contributed by atoms with Gasteiger partial charge in [-0.2, -0.15) is 0 Å². The highest BCUT2D eigenvalue weighted by Crippen LogP contribution is 2.28. The van der Waals surface area contributed by atoms with Crippen molar-refractivity contribution in [1.82, 2.24) is 9.88 Å². The Kier molecular flexibility index (Phi) is 5.11. The molecule has 0 aliphatic heterocycles. The van der Waals surface area contributed by atoms with Crippen LogP contribution < -0.4 is 0 Å². The molecule has 0 spiro atoms. The normalized spacial score (nSPS) is 17.6. The lowest BCUT2D eigenvalue weighted by atomic mass is 9.87. The van der Waals surface area contributed by atoms with Gasteiger partial charge in [0.1, 0.15) is 10.9 Å². The first kappa shape index (κ1) is 17.5. The summed E-state index contributed by atoms with van der Waals surface area (Å²) in [4.78, 5) is 16.9. The van der Waals surface area contributed by atoms with Crippen molar-refractivity contribution in [3.63, 3.8) is 0 Å². The molecule has 3 N–H and O–H groups in total. The Balaban J connectivity index is 1.75. The van der Waals surface area contributed by atoms with E-state index in [1.165, 1.54) is 11.1 Å². The minimum absolute atomic E-state index is 0.0442. The highest BCUT2D eigenvalue weighted by Gasteiger charge is 2.29. The molecular formula is C18H19ClN2O4. The van der Waals surface area contributed by atoms with Crippen LogP contribution in [-0.4, -0.2) is 43.9 Å². The van der Waals surface area contributed by atoms with Gasteiger partial charge in [0.05, 0.1) is 12.6 Å². The number of aromatic hydroxyl groups is 1. The number of carbonyl (C=O) groups is 1. The van der Waals surface area contributed by atoms with Crippen molar-refractivity contribution in [3.8, 4) is 5.75 Å². The van der Waals surface area contributed by atoms with Gasteiger partial charge in [0, 0.05) is 17.8 Å². The molecule has 2 atom stereocenters. The molecular weight excluding hydrogens is 344 g/mol. The molecule has 0 saturated heterocycles. The Hall–Kier alpha value is -2.31. The predicted octanol–water partition coefficient (Wildman–Crippen LogP) is 3.01. The lowest BCUT2D eigenvalue weighted by Gasteiger charge is -2.34. The number of hydrogen-bond donors (Lipinski definition) is 3. The van der Waals surface area contributed by atoms with Crippen molar-refractivity contribution in [3.05, 3.63) is 58.4 Å². The maximum absolute atomic E-state index is 11.7. The van der Waals surface area contributed by atoms with E-state index >= 15 is 0 Å². The van der Waals surface area contributed by atoms with Crippen molar-refractivity contribution in [2.24, 2.45) is 0 Å². The third-order valence-corrected chi connectivity index (χ3v) is 4.81. The molecule has 1 aliphatic carbocycles. The first-order valence-corrected chi connectivity index (χ1v) is 8.41. The molecule has 6 nitrogen and oxygen atoms in total. The molecule has 0 bridgehead atoms. The summed E-state index contributed by atoms with van der Waals surface area (Å²) < 4.78 is 0. The van der Waals surface area contributed by atoms with Crippen LogP contribution in [0.5, 0.6) is 5.75 Å². The Labute approximate surface area is 150 Å². The number of rotatable bonds is 4. The number of aromatic nitrogens is 1. The number of carboxylic acid groups (broad SMARTS) is 1. The number of aryl methyl sites for hydroxylation is 1. The number of fused-ring (bicyclic) bond motifs is 1. The van der Waals surface area contributed by atoms with E-state index in [1.807, 2.05) is 6.07 Å². The van der Waals surface area contributed by atoms with Gasteiger partial charge in [0.2, 0.25) is 0 Å². The number of phenols is 1. The van der Waals surface area contributed by atoms with Crippen molar-refractivity contribution in [2.75, 3.05) is 6.54 Å². The zero-order chi connectivity index (χ0) is 18.0. The number of benzene rings is 1. The van der Waals surface area contributed by atoms with Crippen molar-refractivity contribution in [1.29, 1.82) is 0 Å². The van der Waals surface area contributed by atoms with Gasteiger partial charge in [-0.25, -0.2) is 9.78 Å². The second-order valence-corrected chi connectivity index (χ2v) is 6.60. The molecule has 2 aromatic rings. The Morgan fingerprint density at radius 2 is 2.12 bits per heavy atom. The molecule has 7 heteroatoms. The van der Waals surface area contributed by atoms with Gasteiger partial charge in [0.25, 0.3) is 0 Å². The molecule has 0 unspecified atom stereocenters. The van der Waals surface area contributed by atoms with Crippen LogP contribution in [0.15, 0.2) is 36.5 Å². The van der Waals surface area contributed by atoms with Crippen LogP contribution in [0.1, 0.15) is 29.2 Å². The fraction of sp³-hybridized carbons (Fsp3) is 0.333. The van der Waals surface area contributed by atoms with Gasteiger partial charge < -0.3 is 20.2 Å². The van der Waals surface area contributed by atoms with Gasteiger partial charge in [-0.3, -0.25) is 0 Å². The maximum atomic E-state index is 11.7. The first-order chi connectivity index (χ1) is 11.9. The summed E-state index contributed by atoms with van der Waals surface area (Å²) in [5.74, 6) is 0.175. The molecule has 0 fully saturated rings. The zero-order valence-electron chi connectivity index (χ0n) is 13.5. The number of nitrogens with zero attached hydrogens (tertiary/aromatic N) is 2. The average Bonchev–Trinajstić information content (AvgIpc) is 2.59. The summed E-state index contributed by atoms with van der Waals surface area (Å²) in [5.41, 5.74) is 2.59. The topological polar surface area (TPSA) is 93.9 Å². The van der Waals surface area contributed by atoms with Gasteiger partial charge in [0.15, 0.2) is 0 Å². The fourth-order valence-corrected chi connectivity index (χ4v) is 3.36. The van der Waals surface area contributed by atoms with Crippen LogP contribution >= 0.6 is 11.6 Å². The molecule has 1 aliphatic rings. The van der Waals surface area contributed by atoms with E-state index in [1.54, 1.807) is 24.3 Å². The maximum Gasteiger partial charge on any atom is 0.407 e. The quantitative estimate of drug-likeness (QED) is 0.727. The monoisotopic (exact) mass is 362 g/mol. The van der Waals surface area contributed by atoms with E-state index < -0.39 is 12.2 Å². The molecule has 1 aromatic carbocycles. The number of amides is 1. The predicted molar refractivity (Wildman–Crippen MR) is 92.9 cm³/mol. The molecule has 1 heterocycles. The Bertz CT molecular complexity index is 766. The zero-order valence-corrected chi connectivity index (χ0v) is 14.2. The molecule has 1 amide bonds. The van der Waals surface area contributed by atoms with Gasteiger partial charge in [-0.15, -0.1) is 0 Å². The minimum atomic E-state index is -1.07. The number of phenolic OH excluding ortho intramolecular Hbond substituents is 1. The average molecular weight is 363 g/mol. The lowest BCUT2D eigenvalue weighted by Crippen LogP contribution is -2.44. The van der Waals surface area contributed by atoms with Crippen molar-refractivity contribution in [2.45, 2.75) is 31.4 Å². The van der Waals surface area contributed by atoms with Crippen LogP contribution in [0.4, 0.5) is 4.79 Å². The Morgan fingerprint density at radius 1 is 1.32 bits per heavy atom. The smallest absolute Gasteiger partial charge is 0.407 e. The summed E-state index contributed by atoms with van der Waals surface area (Å²) in [6, 6.07) is 8.15. The fourth-order valence-electron chi connectivity index (χ4n) is 3.25. The molecule has 132 valence electrons. The summed E-state index contributed by atoms with van der Waals surface area (Å²) in [5, 5.41) is 29.9. The van der Waals surface area contributed by atoms with E-state index in [2.05, 4.69) is 4.98 Å². The molecule has 1 aromatic heterocycles. The summed E-state index contributed by atoms with van der Waals surface area (Å²) in [6.07, 6.45) is 1.32. The summed E-state index contributed by atoms with van der Waals surface area (Å²) in [6.45, 7) is -0.0442. The molecule has 0 radical (unpaired) electrons. The highest BCUT2D eigenvalue weighted by molar-refractivity contribution is 6.29. The third-order valence-electron chi connectivity index (χ3n) is 4.58. The van der Waals surface area contributed by atoms with Gasteiger partial charge >= 0.3 is 6.09 Å². The van der Waals surface area contributed by atoms with E-state index in [4.69, 9.17) is 11.6 Å². The van der Waals surface area contributed by atoms with Crippen LogP contribution in [-0.2, 0) is 12.8 Å². The van der Waals surface area contributed by atoms with E-state index in [0.29, 0.717) is 23.6 Å². The largest absolute Gasteiger partial charge is 0.508 e. The van der Waals surface area contributed by atoms with Crippen LogP contribution in [0, 0.1) is 0 Å². The molecule has 3 rings (SSSR count). The van der Waals surface area contributed by atoms with E-state index in [9.17, 15) is 20.1 Å². The summed E-state index contributed by atoms with van der Waals surface area (Å²) in [7, 11) is 0. The third kappa shape index (κ3) is 4.03. The number of hydrogen-bond acceptors (Lipinski definition) is 4. The summed E-state index contributed by atoms with van der Waals surface area (Å²) >= 11 is 5.74. The molecule has 0 saturated carbocycles. The minimum Gasteiger partial charge on any atom is -0.508 e. The number of aliphatic hydroxyl groups excluding tert-OH is 1. The van der Waals surface area contributed by atoms with Crippen molar-refractivity contribution >= 4 is 17.7 Å². The standard InChI is InChI=1S/C18H19ClN2O4/c19-17-6-3-12(9-20-17)16(23)10-21(18(24)25)14-4-1-11-2-5-15(22)8-13(11)7-14/h2-3,5-6,8-9,14,16,22-23H,1,4,7,10H2,(H,24,25)/t14-,16-/m0/s1. The second kappa shape index (κ2) is 7.29. The van der Waals surface area contributed by atoms with Crippen LogP contribution in [0.2, 0.25) is 5.15 Å². The van der Waals surface area contributed by atoms with Gasteiger partial charge in [-0.05, 0) is 48.6 Å². The highest BCUT2D eigenvalue weighted by atomic mass is 35.5. The second-order valence-electron chi connectivity index (χ2n) is 6.21. The van der Waals surface area contributed by atoms with E-state index in [-0.39, 0.29) is 18.3 Å². The van der Waals surface area contributed by atoms with Crippen LogP contribution in [0.3, 0.4) is 0 Å². The van der Waals surface area contributed by atoms with Crippen molar-refractivity contribution < 1.29 is 20.1 Å². The Morgan fingerprint density at radius 3 is 2.80 bits per heavy atom. The number of halogens is 1. The van der Waals surface area contributed by atoms with Gasteiger partial charge in [-0.1, -0.05) is 23.7 Å². The van der Waals surface area contributed by atoms with Crippen LogP contribution in [0.25, 0.3) is 0 Å². The van der Waals surface area contributed by atoms with E-state index in [0.717, 1.165) is 17.5 Å². The number of pyridine rings is 1.